The molecular formula is C21H33NO4. The first-order chi connectivity index (χ1) is 12.3. The number of ether oxygens (including phenoxy) is 3. The largest absolute Gasteiger partial charge is 0.462 e. The van der Waals surface area contributed by atoms with E-state index in [1.807, 2.05) is 0 Å². The minimum absolute atomic E-state index is 0.00421. The van der Waals surface area contributed by atoms with E-state index in [0.29, 0.717) is 5.92 Å². The van der Waals surface area contributed by atoms with Crippen LogP contribution in [0, 0.1) is 23.2 Å². The van der Waals surface area contributed by atoms with Gasteiger partial charge in [-0.1, -0.05) is 20.3 Å². The normalized spacial score (nSPS) is 56.3. The molecular weight excluding hydrogens is 330 g/mol. The molecule has 0 radical (unpaired) electrons. The Kier molecular flexibility index (Phi) is 3.81. The number of epoxide rings is 1. The summed E-state index contributed by atoms with van der Waals surface area (Å²) in [7, 11) is 0. The lowest BCUT2D eigenvalue weighted by atomic mass is 9.53. The van der Waals surface area contributed by atoms with Gasteiger partial charge in [0.15, 0.2) is 0 Å². The van der Waals surface area contributed by atoms with Crippen LogP contribution in [0.25, 0.3) is 0 Å². The van der Waals surface area contributed by atoms with E-state index in [2.05, 4.69) is 32.6 Å². The second-order valence-electron chi connectivity index (χ2n) is 10.0. The summed E-state index contributed by atoms with van der Waals surface area (Å²) in [6.45, 7) is 11.6. The van der Waals surface area contributed by atoms with E-state index in [9.17, 15) is 4.79 Å². The van der Waals surface area contributed by atoms with Gasteiger partial charge in [0.25, 0.3) is 0 Å². The van der Waals surface area contributed by atoms with Crippen molar-refractivity contribution in [1.29, 1.82) is 0 Å². The van der Waals surface area contributed by atoms with E-state index < -0.39 is 0 Å². The van der Waals surface area contributed by atoms with Crippen LogP contribution in [0.3, 0.4) is 0 Å². The Morgan fingerprint density at radius 2 is 1.92 bits per heavy atom. The molecule has 0 aromatic rings. The zero-order valence-corrected chi connectivity index (χ0v) is 16.6. The summed E-state index contributed by atoms with van der Waals surface area (Å²) in [5.74, 6) is 0.796. The average molecular weight is 363 g/mol. The lowest BCUT2D eigenvalue weighted by molar-refractivity contribution is -0.147. The van der Waals surface area contributed by atoms with Crippen molar-refractivity contribution < 1.29 is 19.0 Å². The number of morpholine rings is 1. The van der Waals surface area contributed by atoms with E-state index in [1.165, 1.54) is 19.3 Å². The van der Waals surface area contributed by atoms with Gasteiger partial charge in [0, 0.05) is 31.0 Å². The average Bonchev–Trinajstić information content (AvgIpc) is 3.22. The van der Waals surface area contributed by atoms with Gasteiger partial charge in [0.2, 0.25) is 0 Å². The molecule has 0 N–H and O–H groups in total. The molecule has 5 aliphatic rings. The number of fused-ring (bicyclic) bond motifs is 2. The molecule has 0 bridgehead atoms. The monoisotopic (exact) mass is 363 g/mol. The first-order valence-corrected chi connectivity index (χ1v) is 10.6. The molecule has 1 spiro atoms. The van der Waals surface area contributed by atoms with Crippen LogP contribution < -0.4 is 0 Å². The van der Waals surface area contributed by atoms with Crippen molar-refractivity contribution in [3.63, 3.8) is 0 Å². The number of esters is 1. The van der Waals surface area contributed by atoms with E-state index in [1.54, 1.807) is 0 Å². The molecule has 2 saturated carbocycles. The quantitative estimate of drug-likeness (QED) is 0.558. The highest BCUT2D eigenvalue weighted by molar-refractivity contribution is 5.76. The molecule has 3 heterocycles. The SMILES string of the molecule is CC1CN(CC2C(=O)OC3CC4(C)CCCC(C)C45OC5C32)CC(C)O1. The molecule has 146 valence electrons. The summed E-state index contributed by atoms with van der Waals surface area (Å²) < 4.78 is 18.3. The van der Waals surface area contributed by atoms with Crippen LogP contribution in [0.2, 0.25) is 0 Å². The van der Waals surface area contributed by atoms with Crippen molar-refractivity contribution in [2.75, 3.05) is 19.6 Å². The third-order valence-electron chi connectivity index (χ3n) is 8.14. The Morgan fingerprint density at radius 3 is 2.65 bits per heavy atom. The lowest BCUT2D eigenvalue weighted by Gasteiger charge is -2.49. The number of carbonyl (C=O) groups is 1. The topological polar surface area (TPSA) is 51.3 Å². The molecule has 0 aromatic carbocycles. The fraction of sp³-hybridized carbons (Fsp3) is 0.952. The number of hydrogen-bond donors (Lipinski definition) is 0. The summed E-state index contributed by atoms with van der Waals surface area (Å²) in [6, 6.07) is 0. The molecule has 0 aromatic heterocycles. The zero-order chi connectivity index (χ0) is 18.3. The van der Waals surface area contributed by atoms with Gasteiger partial charge in [-0.25, -0.2) is 0 Å². The first-order valence-electron chi connectivity index (χ1n) is 10.6. The van der Waals surface area contributed by atoms with Gasteiger partial charge in [-0.05, 0) is 39.0 Å². The first kappa shape index (κ1) is 17.4. The molecule has 3 saturated heterocycles. The maximum Gasteiger partial charge on any atom is 0.311 e. The van der Waals surface area contributed by atoms with Crippen LogP contribution in [0.5, 0.6) is 0 Å². The molecule has 2 aliphatic carbocycles. The van der Waals surface area contributed by atoms with Crippen molar-refractivity contribution in [3.05, 3.63) is 0 Å². The van der Waals surface area contributed by atoms with E-state index in [-0.39, 0.29) is 53.2 Å². The summed E-state index contributed by atoms with van der Waals surface area (Å²) >= 11 is 0. The molecule has 5 fully saturated rings. The van der Waals surface area contributed by atoms with Gasteiger partial charge in [-0.3, -0.25) is 9.69 Å². The van der Waals surface area contributed by atoms with Crippen LogP contribution in [0.15, 0.2) is 0 Å². The smallest absolute Gasteiger partial charge is 0.311 e. The predicted octanol–water partition coefficient (Wildman–Crippen LogP) is 2.62. The van der Waals surface area contributed by atoms with Gasteiger partial charge >= 0.3 is 5.97 Å². The van der Waals surface area contributed by atoms with E-state index in [0.717, 1.165) is 26.1 Å². The number of rotatable bonds is 2. The van der Waals surface area contributed by atoms with Crippen molar-refractivity contribution >= 4 is 5.97 Å². The Bertz CT molecular complexity index is 601. The maximum absolute atomic E-state index is 12.8. The maximum atomic E-state index is 12.8. The highest BCUT2D eigenvalue weighted by Gasteiger charge is 2.78. The summed E-state index contributed by atoms with van der Waals surface area (Å²) in [5, 5.41) is 0. The molecule has 5 nitrogen and oxygen atoms in total. The molecule has 26 heavy (non-hydrogen) atoms. The molecule has 5 heteroatoms. The van der Waals surface area contributed by atoms with Crippen LogP contribution in [-0.4, -0.2) is 60.5 Å². The Balaban J connectivity index is 1.38. The molecule has 0 amide bonds. The van der Waals surface area contributed by atoms with Crippen LogP contribution in [0.1, 0.15) is 53.4 Å². The number of hydrogen-bond acceptors (Lipinski definition) is 5. The Hall–Kier alpha value is -0.650. The molecule has 5 rings (SSSR count). The van der Waals surface area contributed by atoms with Gasteiger partial charge in [0.1, 0.15) is 11.7 Å². The van der Waals surface area contributed by atoms with Gasteiger partial charge < -0.3 is 14.2 Å². The summed E-state index contributed by atoms with van der Waals surface area (Å²) in [6.07, 6.45) is 5.43. The predicted molar refractivity (Wildman–Crippen MR) is 96.7 cm³/mol. The third-order valence-corrected chi connectivity index (χ3v) is 8.14. The minimum Gasteiger partial charge on any atom is -0.462 e. The van der Waals surface area contributed by atoms with Crippen molar-refractivity contribution in [3.8, 4) is 0 Å². The summed E-state index contributed by atoms with van der Waals surface area (Å²) in [4.78, 5) is 15.2. The van der Waals surface area contributed by atoms with Crippen molar-refractivity contribution in [2.45, 2.75) is 83.4 Å². The van der Waals surface area contributed by atoms with Crippen LogP contribution in [0.4, 0.5) is 0 Å². The highest BCUT2D eigenvalue weighted by atomic mass is 16.6. The Labute approximate surface area is 156 Å². The van der Waals surface area contributed by atoms with Crippen LogP contribution in [-0.2, 0) is 19.0 Å². The fourth-order valence-corrected chi connectivity index (χ4v) is 7.15. The van der Waals surface area contributed by atoms with Gasteiger partial charge in [-0.15, -0.1) is 0 Å². The van der Waals surface area contributed by atoms with Crippen molar-refractivity contribution in [1.82, 2.24) is 4.90 Å². The fourth-order valence-electron chi connectivity index (χ4n) is 7.15. The number of nitrogens with zero attached hydrogens (tertiary/aromatic N) is 1. The van der Waals surface area contributed by atoms with Crippen molar-refractivity contribution in [2.24, 2.45) is 23.2 Å². The Morgan fingerprint density at radius 1 is 1.19 bits per heavy atom. The van der Waals surface area contributed by atoms with E-state index >= 15 is 0 Å². The van der Waals surface area contributed by atoms with Gasteiger partial charge in [0.05, 0.1) is 24.2 Å². The number of carbonyl (C=O) groups excluding carboxylic acids is 1. The van der Waals surface area contributed by atoms with Gasteiger partial charge in [-0.2, -0.15) is 0 Å². The van der Waals surface area contributed by atoms with E-state index in [4.69, 9.17) is 14.2 Å². The zero-order valence-electron chi connectivity index (χ0n) is 16.6. The standard InChI is InChI=1S/C21H33NO4/c1-12-6-5-7-20(4)8-16-17(18-21(12,20)26-18)15(19(23)25-16)11-22-9-13(2)24-14(3)10-22/h12-18H,5-11H2,1-4H3. The molecule has 9 unspecified atom stereocenters. The van der Waals surface area contributed by atoms with Crippen LogP contribution >= 0.6 is 0 Å². The third kappa shape index (κ3) is 2.29. The molecule has 3 aliphatic heterocycles. The molecule has 9 atom stereocenters. The second-order valence-corrected chi connectivity index (χ2v) is 10.0. The summed E-state index contributed by atoms with van der Waals surface area (Å²) in [5.41, 5.74) is 0.178. The minimum atomic E-state index is -0.0412. The lowest BCUT2D eigenvalue weighted by Crippen LogP contribution is -2.55. The highest BCUT2D eigenvalue weighted by Crippen LogP contribution is 2.70. The second kappa shape index (κ2) is 5.68.